The van der Waals surface area contributed by atoms with E-state index in [0.717, 1.165) is 17.4 Å². The van der Waals surface area contributed by atoms with Gasteiger partial charge < -0.3 is 9.52 Å². The molecule has 0 aromatic carbocycles. The van der Waals surface area contributed by atoms with Gasteiger partial charge in [0.2, 0.25) is 0 Å². The molecule has 1 aromatic heterocycles. The van der Waals surface area contributed by atoms with Gasteiger partial charge in [0.15, 0.2) is 6.39 Å². The lowest BCUT2D eigenvalue weighted by Gasteiger charge is -2.25. The fourth-order valence-electron chi connectivity index (χ4n) is 2.40. The molecule has 3 heteroatoms. The molecule has 0 aliphatic heterocycles. The summed E-state index contributed by atoms with van der Waals surface area (Å²) in [6.07, 6.45) is 6.37. The van der Waals surface area contributed by atoms with Crippen molar-refractivity contribution in [2.75, 3.05) is 0 Å². The van der Waals surface area contributed by atoms with Gasteiger partial charge in [-0.3, -0.25) is 0 Å². The van der Waals surface area contributed by atoms with Gasteiger partial charge >= 0.3 is 0 Å². The molecule has 14 heavy (non-hydrogen) atoms. The Morgan fingerprint density at radius 1 is 1.57 bits per heavy atom. The zero-order valence-electron chi connectivity index (χ0n) is 8.57. The smallest absolute Gasteiger partial charge is 0.181 e. The van der Waals surface area contributed by atoms with Crippen molar-refractivity contribution in [3.05, 3.63) is 17.8 Å². The van der Waals surface area contributed by atoms with Gasteiger partial charge in [0.25, 0.3) is 0 Å². The SMILES string of the molecule is CC1CCCC(c2ocnc2CO)C1. The number of nitrogens with zero attached hydrogens (tertiary/aromatic N) is 1. The summed E-state index contributed by atoms with van der Waals surface area (Å²) >= 11 is 0. The molecule has 0 spiro atoms. The van der Waals surface area contributed by atoms with Crippen LogP contribution in [0.25, 0.3) is 0 Å². The van der Waals surface area contributed by atoms with Crippen LogP contribution < -0.4 is 0 Å². The lowest BCUT2D eigenvalue weighted by Crippen LogP contribution is -2.12. The highest BCUT2D eigenvalue weighted by molar-refractivity contribution is 5.12. The van der Waals surface area contributed by atoms with Gasteiger partial charge in [-0.25, -0.2) is 4.98 Å². The van der Waals surface area contributed by atoms with Crippen molar-refractivity contribution in [1.82, 2.24) is 4.98 Å². The summed E-state index contributed by atoms with van der Waals surface area (Å²) in [5.41, 5.74) is 0.726. The molecule has 1 aromatic rings. The number of hydrogen-bond donors (Lipinski definition) is 1. The second-order valence-corrected chi connectivity index (χ2v) is 4.29. The first-order valence-electron chi connectivity index (χ1n) is 5.34. The Labute approximate surface area is 84.2 Å². The number of aliphatic hydroxyl groups is 1. The van der Waals surface area contributed by atoms with Crippen LogP contribution in [0.1, 0.15) is 50.0 Å². The van der Waals surface area contributed by atoms with Crippen LogP contribution in [0.5, 0.6) is 0 Å². The van der Waals surface area contributed by atoms with Crippen molar-refractivity contribution in [1.29, 1.82) is 0 Å². The molecule has 1 aliphatic carbocycles. The largest absolute Gasteiger partial charge is 0.448 e. The van der Waals surface area contributed by atoms with Crippen LogP contribution in [-0.4, -0.2) is 10.1 Å². The van der Waals surface area contributed by atoms with Crippen molar-refractivity contribution >= 4 is 0 Å². The second kappa shape index (κ2) is 4.13. The first-order chi connectivity index (χ1) is 6.81. The Morgan fingerprint density at radius 3 is 3.14 bits per heavy atom. The molecule has 0 bridgehead atoms. The first-order valence-corrected chi connectivity index (χ1v) is 5.34. The standard InChI is InChI=1S/C11H17NO2/c1-8-3-2-4-9(5-8)11-10(6-13)12-7-14-11/h7-9,13H,2-6H2,1H3. The maximum absolute atomic E-state index is 9.08. The Hall–Kier alpha value is -0.830. The zero-order chi connectivity index (χ0) is 9.97. The minimum atomic E-state index is -0.00326. The van der Waals surface area contributed by atoms with Gasteiger partial charge in [-0.1, -0.05) is 19.8 Å². The molecule has 2 rings (SSSR count). The van der Waals surface area contributed by atoms with Crippen molar-refractivity contribution in [2.24, 2.45) is 5.92 Å². The predicted octanol–water partition coefficient (Wildman–Crippen LogP) is 2.46. The summed E-state index contributed by atoms with van der Waals surface area (Å²) in [7, 11) is 0. The Bertz CT molecular complexity index is 295. The molecule has 1 heterocycles. The highest BCUT2D eigenvalue weighted by atomic mass is 16.3. The number of rotatable bonds is 2. The van der Waals surface area contributed by atoms with Crippen molar-refractivity contribution in [3.8, 4) is 0 Å². The van der Waals surface area contributed by atoms with Gasteiger partial charge in [-0.15, -0.1) is 0 Å². The van der Waals surface area contributed by atoms with Gasteiger partial charge in [0.1, 0.15) is 11.5 Å². The molecular weight excluding hydrogens is 178 g/mol. The van der Waals surface area contributed by atoms with E-state index in [1.807, 2.05) is 0 Å². The molecule has 2 atom stereocenters. The maximum atomic E-state index is 9.08. The van der Waals surface area contributed by atoms with Gasteiger partial charge in [-0.05, 0) is 18.8 Å². The van der Waals surface area contributed by atoms with E-state index in [1.54, 1.807) is 0 Å². The maximum Gasteiger partial charge on any atom is 0.181 e. The number of aliphatic hydroxyl groups excluding tert-OH is 1. The van der Waals surface area contributed by atoms with Crippen LogP contribution in [0.3, 0.4) is 0 Å². The van der Waals surface area contributed by atoms with Crippen LogP contribution in [0.2, 0.25) is 0 Å². The highest BCUT2D eigenvalue weighted by Gasteiger charge is 2.25. The summed E-state index contributed by atoms with van der Waals surface area (Å²) in [6.45, 7) is 2.28. The third-order valence-corrected chi connectivity index (χ3v) is 3.13. The van der Waals surface area contributed by atoms with E-state index in [-0.39, 0.29) is 6.61 Å². The summed E-state index contributed by atoms with van der Waals surface area (Å²) in [5, 5.41) is 9.08. The van der Waals surface area contributed by atoms with E-state index in [4.69, 9.17) is 9.52 Å². The van der Waals surface area contributed by atoms with Crippen LogP contribution in [0, 0.1) is 5.92 Å². The molecule has 0 amide bonds. The molecule has 1 saturated carbocycles. The quantitative estimate of drug-likeness (QED) is 0.788. The highest BCUT2D eigenvalue weighted by Crippen LogP contribution is 2.36. The summed E-state index contributed by atoms with van der Waals surface area (Å²) < 4.78 is 5.37. The molecule has 1 N–H and O–H groups in total. The van der Waals surface area contributed by atoms with E-state index in [9.17, 15) is 0 Å². The molecule has 78 valence electrons. The molecule has 0 radical (unpaired) electrons. The lowest BCUT2D eigenvalue weighted by molar-refractivity contribution is 0.263. The summed E-state index contributed by atoms with van der Waals surface area (Å²) in [6, 6.07) is 0. The average Bonchev–Trinajstić information content (AvgIpc) is 2.65. The van der Waals surface area contributed by atoms with Gasteiger partial charge in [-0.2, -0.15) is 0 Å². The number of aromatic nitrogens is 1. The van der Waals surface area contributed by atoms with Crippen molar-refractivity contribution in [3.63, 3.8) is 0 Å². The molecular formula is C11H17NO2. The monoisotopic (exact) mass is 195 g/mol. The van der Waals surface area contributed by atoms with E-state index in [1.165, 1.54) is 32.1 Å². The van der Waals surface area contributed by atoms with E-state index >= 15 is 0 Å². The van der Waals surface area contributed by atoms with Crippen molar-refractivity contribution < 1.29 is 9.52 Å². The second-order valence-electron chi connectivity index (χ2n) is 4.29. The van der Waals surface area contributed by atoms with Crippen LogP contribution in [0.4, 0.5) is 0 Å². The number of hydrogen-bond acceptors (Lipinski definition) is 3. The predicted molar refractivity (Wildman–Crippen MR) is 52.8 cm³/mol. The lowest BCUT2D eigenvalue weighted by atomic mass is 9.81. The molecule has 0 saturated heterocycles. The minimum Gasteiger partial charge on any atom is -0.448 e. The normalized spacial score (nSPS) is 27.9. The Balaban J connectivity index is 2.13. The molecule has 1 fully saturated rings. The molecule has 3 nitrogen and oxygen atoms in total. The number of oxazole rings is 1. The van der Waals surface area contributed by atoms with Crippen LogP contribution >= 0.6 is 0 Å². The zero-order valence-corrected chi connectivity index (χ0v) is 8.57. The molecule has 1 aliphatic rings. The van der Waals surface area contributed by atoms with Crippen LogP contribution in [-0.2, 0) is 6.61 Å². The Morgan fingerprint density at radius 2 is 2.43 bits per heavy atom. The third-order valence-electron chi connectivity index (χ3n) is 3.13. The Kier molecular flexibility index (Phi) is 2.87. The summed E-state index contributed by atoms with van der Waals surface area (Å²) in [5.74, 6) is 2.16. The summed E-state index contributed by atoms with van der Waals surface area (Å²) in [4.78, 5) is 4.02. The first kappa shape index (κ1) is 9.71. The average molecular weight is 195 g/mol. The fourth-order valence-corrected chi connectivity index (χ4v) is 2.40. The van der Waals surface area contributed by atoms with Crippen LogP contribution in [0.15, 0.2) is 10.8 Å². The van der Waals surface area contributed by atoms with Gasteiger partial charge in [0, 0.05) is 5.92 Å². The molecule has 2 unspecified atom stereocenters. The van der Waals surface area contributed by atoms with E-state index in [2.05, 4.69) is 11.9 Å². The van der Waals surface area contributed by atoms with E-state index < -0.39 is 0 Å². The topological polar surface area (TPSA) is 46.3 Å². The fraction of sp³-hybridized carbons (Fsp3) is 0.727. The minimum absolute atomic E-state index is 0.00326. The third kappa shape index (κ3) is 1.82. The van der Waals surface area contributed by atoms with Crippen molar-refractivity contribution in [2.45, 2.75) is 45.1 Å². The van der Waals surface area contributed by atoms with E-state index in [0.29, 0.717) is 5.92 Å². The van der Waals surface area contributed by atoms with Gasteiger partial charge in [0.05, 0.1) is 6.61 Å².